The molecule has 0 N–H and O–H groups in total. The fourth-order valence-corrected chi connectivity index (χ4v) is 0.890. The van der Waals surface area contributed by atoms with Crippen LogP contribution < -0.4 is 0 Å². The predicted octanol–water partition coefficient (Wildman–Crippen LogP) is 2.36. The molecule has 0 unspecified atom stereocenters. The molecule has 0 aromatic carbocycles. The van der Waals surface area contributed by atoms with Crippen LogP contribution in [-0.4, -0.2) is 10.3 Å². The summed E-state index contributed by atoms with van der Waals surface area (Å²) in [6, 6.07) is 3.01. The molecule has 12 heavy (non-hydrogen) atoms. The Labute approximate surface area is 79.1 Å². The summed E-state index contributed by atoms with van der Waals surface area (Å²) in [5.41, 5.74) is 0.670. The van der Waals surface area contributed by atoms with E-state index in [0.29, 0.717) is 5.56 Å². The predicted molar refractivity (Wildman–Crippen MR) is 49.5 cm³/mol. The fourth-order valence-electron chi connectivity index (χ4n) is 0.692. The summed E-state index contributed by atoms with van der Waals surface area (Å²) in [6.45, 7) is 0. The molecule has 0 fully saturated rings. The maximum atomic E-state index is 12.5. The van der Waals surface area contributed by atoms with E-state index in [2.05, 4.69) is 32.8 Å². The third kappa shape index (κ3) is 3.02. The molecule has 1 heterocycles. The monoisotopic (exact) mass is 227 g/mol. The molecule has 0 aliphatic heterocycles. The van der Waals surface area contributed by atoms with Crippen molar-refractivity contribution >= 4 is 15.9 Å². The van der Waals surface area contributed by atoms with Crippen molar-refractivity contribution in [2.45, 2.75) is 6.42 Å². The largest absolute Gasteiger partial charge is 0.228 e. The second-order valence-corrected chi connectivity index (χ2v) is 2.90. The molecule has 0 saturated carbocycles. The van der Waals surface area contributed by atoms with Crippen molar-refractivity contribution in [3.8, 4) is 11.8 Å². The SMILES string of the molecule is Fc1cc(C#CCCBr)ccn1. The Kier molecular flexibility index (Phi) is 3.75. The lowest BCUT2D eigenvalue weighted by Gasteiger charge is -1.88. The van der Waals surface area contributed by atoms with E-state index >= 15 is 0 Å². The van der Waals surface area contributed by atoms with Crippen LogP contribution in [-0.2, 0) is 0 Å². The van der Waals surface area contributed by atoms with Crippen LogP contribution >= 0.6 is 15.9 Å². The molecule has 0 saturated heterocycles. The molecule has 0 spiro atoms. The summed E-state index contributed by atoms with van der Waals surface area (Å²) in [4.78, 5) is 3.42. The average Bonchev–Trinajstić information content (AvgIpc) is 2.05. The Bertz CT molecular complexity index is 314. The Hall–Kier alpha value is -0.880. The first-order valence-corrected chi connectivity index (χ1v) is 4.61. The minimum atomic E-state index is -0.486. The van der Waals surface area contributed by atoms with E-state index in [1.807, 2.05) is 0 Å². The molecule has 0 aliphatic rings. The first-order valence-electron chi connectivity index (χ1n) is 3.49. The molecule has 1 aromatic heterocycles. The van der Waals surface area contributed by atoms with Gasteiger partial charge in [-0.3, -0.25) is 0 Å². The molecule has 0 radical (unpaired) electrons. The highest BCUT2D eigenvalue weighted by atomic mass is 79.9. The van der Waals surface area contributed by atoms with E-state index in [-0.39, 0.29) is 0 Å². The van der Waals surface area contributed by atoms with Crippen molar-refractivity contribution < 1.29 is 4.39 Å². The molecule has 1 aromatic rings. The number of rotatable bonds is 1. The van der Waals surface area contributed by atoms with Crippen LogP contribution in [0.4, 0.5) is 4.39 Å². The van der Waals surface area contributed by atoms with Gasteiger partial charge >= 0.3 is 0 Å². The van der Waals surface area contributed by atoms with E-state index in [0.717, 1.165) is 11.8 Å². The van der Waals surface area contributed by atoms with Crippen LogP contribution in [0.3, 0.4) is 0 Å². The first-order chi connectivity index (χ1) is 5.83. The lowest BCUT2D eigenvalue weighted by molar-refractivity contribution is 0.583. The zero-order chi connectivity index (χ0) is 8.81. The molecule has 3 heteroatoms. The second-order valence-electron chi connectivity index (χ2n) is 2.11. The van der Waals surface area contributed by atoms with Crippen molar-refractivity contribution in [2.24, 2.45) is 0 Å². The topological polar surface area (TPSA) is 12.9 Å². The van der Waals surface area contributed by atoms with Gasteiger partial charge in [-0.05, 0) is 6.07 Å². The molecular formula is C9H7BrFN. The number of pyridine rings is 1. The van der Waals surface area contributed by atoms with E-state index < -0.39 is 5.95 Å². The summed E-state index contributed by atoms with van der Waals surface area (Å²) in [5.74, 6) is 5.23. The van der Waals surface area contributed by atoms with Gasteiger partial charge in [0.15, 0.2) is 0 Å². The van der Waals surface area contributed by atoms with Gasteiger partial charge in [0.2, 0.25) is 5.95 Å². The quantitative estimate of drug-likeness (QED) is 0.408. The fraction of sp³-hybridized carbons (Fsp3) is 0.222. The van der Waals surface area contributed by atoms with Gasteiger partial charge in [0.25, 0.3) is 0 Å². The molecule has 0 bridgehead atoms. The summed E-state index contributed by atoms with van der Waals surface area (Å²) in [6.07, 6.45) is 2.18. The van der Waals surface area contributed by atoms with Gasteiger partial charge in [0.05, 0.1) is 0 Å². The maximum Gasteiger partial charge on any atom is 0.214 e. The normalized spacial score (nSPS) is 8.83. The lowest BCUT2D eigenvalue weighted by atomic mass is 10.2. The summed E-state index contributed by atoms with van der Waals surface area (Å²) in [7, 11) is 0. The third-order valence-corrected chi connectivity index (χ3v) is 1.58. The average molecular weight is 228 g/mol. The first kappa shape index (κ1) is 9.21. The van der Waals surface area contributed by atoms with Gasteiger partial charge in [0.1, 0.15) is 0 Å². The summed E-state index contributed by atoms with van der Waals surface area (Å²) >= 11 is 3.25. The highest BCUT2D eigenvalue weighted by Crippen LogP contribution is 1.97. The van der Waals surface area contributed by atoms with Crippen LogP contribution in [0, 0.1) is 17.8 Å². The maximum absolute atomic E-state index is 12.5. The van der Waals surface area contributed by atoms with Gasteiger partial charge < -0.3 is 0 Å². The molecule has 1 nitrogen and oxygen atoms in total. The smallest absolute Gasteiger partial charge is 0.214 e. The second kappa shape index (κ2) is 4.89. The van der Waals surface area contributed by atoms with Crippen molar-refractivity contribution in [1.82, 2.24) is 4.98 Å². The standard InChI is InChI=1S/C9H7BrFN/c10-5-2-1-3-8-4-6-12-9(11)7-8/h4,6-7H,2,5H2. The molecule has 1 rings (SSSR count). The number of halogens is 2. The van der Waals surface area contributed by atoms with Gasteiger partial charge in [-0.25, -0.2) is 4.98 Å². The van der Waals surface area contributed by atoms with Gasteiger partial charge in [0, 0.05) is 29.6 Å². The Morgan fingerprint density at radius 2 is 2.42 bits per heavy atom. The lowest BCUT2D eigenvalue weighted by Crippen LogP contribution is -1.82. The Morgan fingerprint density at radius 3 is 3.08 bits per heavy atom. The molecule has 62 valence electrons. The number of aromatic nitrogens is 1. The molecule has 0 aliphatic carbocycles. The number of nitrogens with zero attached hydrogens (tertiary/aromatic N) is 1. The molecular weight excluding hydrogens is 221 g/mol. The minimum absolute atomic E-state index is 0.486. The van der Waals surface area contributed by atoms with Crippen LogP contribution in [0.25, 0.3) is 0 Å². The molecule has 0 atom stereocenters. The van der Waals surface area contributed by atoms with Gasteiger partial charge in [-0.2, -0.15) is 4.39 Å². The van der Waals surface area contributed by atoms with Crippen LogP contribution in [0.1, 0.15) is 12.0 Å². The van der Waals surface area contributed by atoms with E-state index in [1.165, 1.54) is 12.3 Å². The van der Waals surface area contributed by atoms with Crippen LogP contribution in [0.15, 0.2) is 18.3 Å². The van der Waals surface area contributed by atoms with Crippen molar-refractivity contribution in [1.29, 1.82) is 0 Å². The Morgan fingerprint density at radius 1 is 1.58 bits per heavy atom. The van der Waals surface area contributed by atoms with Crippen molar-refractivity contribution in [2.75, 3.05) is 5.33 Å². The van der Waals surface area contributed by atoms with E-state index in [9.17, 15) is 4.39 Å². The van der Waals surface area contributed by atoms with Gasteiger partial charge in [-0.1, -0.05) is 27.8 Å². The van der Waals surface area contributed by atoms with E-state index in [4.69, 9.17) is 0 Å². The Balaban J connectivity index is 2.71. The van der Waals surface area contributed by atoms with Crippen LogP contribution in [0.2, 0.25) is 0 Å². The minimum Gasteiger partial charge on any atom is -0.228 e. The highest BCUT2D eigenvalue weighted by Gasteiger charge is 1.90. The van der Waals surface area contributed by atoms with Crippen molar-refractivity contribution in [3.63, 3.8) is 0 Å². The van der Waals surface area contributed by atoms with Crippen molar-refractivity contribution in [3.05, 3.63) is 29.8 Å². The summed E-state index contributed by atoms with van der Waals surface area (Å²) in [5, 5.41) is 0.841. The number of alkyl halides is 1. The molecule has 0 amide bonds. The highest BCUT2D eigenvalue weighted by molar-refractivity contribution is 9.09. The number of hydrogen-bond acceptors (Lipinski definition) is 1. The summed E-state index contributed by atoms with van der Waals surface area (Å²) < 4.78 is 12.5. The zero-order valence-corrected chi connectivity index (χ0v) is 7.94. The van der Waals surface area contributed by atoms with Gasteiger partial charge in [-0.15, -0.1) is 0 Å². The zero-order valence-electron chi connectivity index (χ0n) is 6.35. The number of hydrogen-bond donors (Lipinski definition) is 0. The third-order valence-electron chi connectivity index (χ3n) is 1.18. The van der Waals surface area contributed by atoms with Crippen LogP contribution in [0.5, 0.6) is 0 Å². The van der Waals surface area contributed by atoms with E-state index in [1.54, 1.807) is 6.07 Å².